The Balaban J connectivity index is 1.40. The molecule has 0 aliphatic carbocycles. The van der Waals surface area contributed by atoms with E-state index < -0.39 is 0 Å². The van der Waals surface area contributed by atoms with E-state index in [1.165, 1.54) is 5.39 Å². The number of hydrogen-bond donors (Lipinski definition) is 4. The fourth-order valence-electron chi connectivity index (χ4n) is 3.36. The molecule has 0 fully saturated rings. The van der Waals surface area contributed by atoms with Crippen molar-refractivity contribution < 1.29 is 0 Å². The van der Waals surface area contributed by atoms with Crippen LogP contribution in [0.5, 0.6) is 0 Å². The number of aromatic nitrogens is 4. The first kappa shape index (κ1) is 15.5. The normalized spacial score (nSPS) is 11.3. The van der Waals surface area contributed by atoms with Crippen molar-refractivity contribution in [1.29, 1.82) is 0 Å². The summed E-state index contributed by atoms with van der Waals surface area (Å²) in [4.78, 5) is 15.3. The summed E-state index contributed by atoms with van der Waals surface area (Å²) >= 11 is 0. The average molecular weight is 354 g/mol. The minimum atomic E-state index is 0.486. The summed E-state index contributed by atoms with van der Waals surface area (Å²) in [5.74, 6) is 0.977. The number of aromatic amines is 2. The molecule has 5 aromatic rings. The maximum atomic E-state index is 6.20. The molecule has 6 heteroatoms. The van der Waals surface area contributed by atoms with E-state index in [0.717, 1.165) is 33.2 Å². The fourth-order valence-corrected chi connectivity index (χ4v) is 3.36. The number of rotatable bonds is 4. The third-order valence-electron chi connectivity index (χ3n) is 4.75. The molecule has 0 aliphatic rings. The summed E-state index contributed by atoms with van der Waals surface area (Å²) < 4.78 is 0. The number of anilines is 3. The predicted octanol–water partition coefficient (Wildman–Crippen LogP) is 4.36. The molecule has 3 heterocycles. The lowest BCUT2D eigenvalue weighted by molar-refractivity contribution is 1.09. The molecule has 27 heavy (non-hydrogen) atoms. The zero-order valence-electron chi connectivity index (χ0n) is 14.5. The topological polar surface area (TPSA) is 95.4 Å². The van der Waals surface area contributed by atoms with E-state index in [-0.39, 0.29) is 0 Å². The zero-order chi connectivity index (χ0) is 18.2. The number of H-pyrrole nitrogens is 2. The van der Waals surface area contributed by atoms with Crippen LogP contribution in [0.25, 0.3) is 21.8 Å². The summed E-state index contributed by atoms with van der Waals surface area (Å²) in [7, 11) is 0. The number of nitrogens with one attached hydrogen (secondary N) is 3. The smallest absolute Gasteiger partial charge is 0.229 e. The van der Waals surface area contributed by atoms with Crippen molar-refractivity contribution in [2.45, 2.75) is 6.42 Å². The van der Waals surface area contributed by atoms with Crippen LogP contribution in [0.4, 0.5) is 17.5 Å². The van der Waals surface area contributed by atoms with Crippen LogP contribution >= 0.6 is 0 Å². The Bertz CT molecular complexity index is 1250. The van der Waals surface area contributed by atoms with E-state index in [2.05, 4.69) is 49.5 Å². The molecule has 0 bridgehead atoms. The summed E-state index contributed by atoms with van der Waals surface area (Å²) in [6.07, 6.45) is 6.34. The van der Waals surface area contributed by atoms with Crippen molar-refractivity contribution in [2.75, 3.05) is 11.1 Å². The number of nitrogens with two attached hydrogens (primary N) is 1. The van der Waals surface area contributed by atoms with Gasteiger partial charge in [0.05, 0.1) is 5.69 Å². The van der Waals surface area contributed by atoms with Crippen LogP contribution in [0.2, 0.25) is 0 Å². The molecule has 0 atom stereocenters. The molecule has 3 aromatic heterocycles. The maximum Gasteiger partial charge on any atom is 0.229 e. The van der Waals surface area contributed by atoms with E-state index in [1.54, 1.807) is 6.20 Å². The quantitative estimate of drug-likeness (QED) is 0.386. The van der Waals surface area contributed by atoms with Gasteiger partial charge in [-0.15, -0.1) is 0 Å². The van der Waals surface area contributed by atoms with Crippen molar-refractivity contribution in [1.82, 2.24) is 19.9 Å². The van der Waals surface area contributed by atoms with Gasteiger partial charge in [-0.3, -0.25) is 0 Å². The van der Waals surface area contributed by atoms with Gasteiger partial charge in [-0.25, -0.2) is 4.98 Å². The standard InChI is InChI=1S/C21H18N6/c22-20-15(10-13-4-5-14-6-8-24-19(14)11-13)12-25-21(27-20)26-18-3-1-2-17-16(18)7-9-23-17/h1-9,11-12,23-24H,10H2,(H3,22,25,26,27). The Kier molecular flexibility index (Phi) is 3.53. The number of fused-ring (bicyclic) bond motifs is 2. The van der Waals surface area contributed by atoms with Crippen LogP contribution in [0.3, 0.4) is 0 Å². The molecule has 2 aromatic carbocycles. The lowest BCUT2D eigenvalue weighted by atomic mass is 10.1. The lowest BCUT2D eigenvalue weighted by Gasteiger charge is -2.09. The molecule has 5 rings (SSSR count). The van der Waals surface area contributed by atoms with Crippen molar-refractivity contribution >= 4 is 39.3 Å². The largest absolute Gasteiger partial charge is 0.383 e. The van der Waals surface area contributed by atoms with Crippen molar-refractivity contribution in [3.63, 3.8) is 0 Å². The van der Waals surface area contributed by atoms with Gasteiger partial charge in [-0.1, -0.05) is 18.2 Å². The molecule has 6 nitrogen and oxygen atoms in total. The summed E-state index contributed by atoms with van der Waals surface area (Å²) in [5, 5.41) is 5.54. The highest BCUT2D eigenvalue weighted by Crippen LogP contribution is 2.25. The van der Waals surface area contributed by atoms with E-state index >= 15 is 0 Å². The maximum absolute atomic E-state index is 6.20. The van der Waals surface area contributed by atoms with Crippen LogP contribution in [0.15, 0.2) is 67.1 Å². The number of nitrogen functional groups attached to an aromatic ring is 1. The van der Waals surface area contributed by atoms with Crippen LogP contribution in [-0.2, 0) is 6.42 Å². The summed E-state index contributed by atoms with van der Waals surface area (Å²) in [6, 6.07) is 16.4. The molecule has 0 aliphatic heterocycles. The van der Waals surface area contributed by atoms with Gasteiger partial charge in [0.2, 0.25) is 5.95 Å². The molecule has 0 radical (unpaired) electrons. The van der Waals surface area contributed by atoms with Gasteiger partial charge >= 0.3 is 0 Å². The Hall–Kier alpha value is -3.80. The Labute approximate surface area is 155 Å². The Morgan fingerprint density at radius 1 is 0.963 bits per heavy atom. The summed E-state index contributed by atoms with van der Waals surface area (Å²) in [6.45, 7) is 0. The number of hydrogen-bond acceptors (Lipinski definition) is 4. The van der Waals surface area contributed by atoms with E-state index in [9.17, 15) is 0 Å². The molecule has 132 valence electrons. The third-order valence-corrected chi connectivity index (χ3v) is 4.75. The first-order valence-corrected chi connectivity index (χ1v) is 8.77. The van der Waals surface area contributed by atoms with Crippen LogP contribution in [-0.4, -0.2) is 19.9 Å². The van der Waals surface area contributed by atoms with E-state index in [4.69, 9.17) is 5.73 Å². The molecule has 0 saturated carbocycles. The zero-order valence-corrected chi connectivity index (χ0v) is 14.5. The van der Waals surface area contributed by atoms with Gasteiger partial charge in [0.25, 0.3) is 0 Å². The van der Waals surface area contributed by atoms with Gasteiger partial charge in [-0.05, 0) is 41.3 Å². The van der Waals surface area contributed by atoms with Gasteiger partial charge in [0.1, 0.15) is 5.82 Å². The van der Waals surface area contributed by atoms with Gasteiger partial charge in [0.15, 0.2) is 0 Å². The first-order chi connectivity index (χ1) is 13.3. The second kappa shape index (κ2) is 6.17. The molecule has 5 N–H and O–H groups in total. The fraction of sp³-hybridized carbons (Fsp3) is 0.0476. The highest BCUT2D eigenvalue weighted by molar-refractivity contribution is 5.93. The minimum Gasteiger partial charge on any atom is -0.383 e. The number of nitrogens with zero attached hydrogens (tertiary/aromatic N) is 2. The van der Waals surface area contributed by atoms with Crippen molar-refractivity contribution in [3.8, 4) is 0 Å². The van der Waals surface area contributed by atoms with Crippen LogP contribution < -0.4 is 11.1 Å². The van der Waals surface area contributed by atoms with Crippen LogP contribution in [0.1, 0.15) is 11.1 Å². The second-order valence-corrected chi connectivity index (χ2v) is 6.55. The average Bonchev–Trinajstić information content (AvgIpc) is 3.33. The Morgan fingerprint density at radius 3 is 2.78 bits per heavy atom. The highest BCUT2D eigenvalue weighted by atomic mass is 15.1. The molecular formula is C21H18N6. The van der Waals surface area contributed by atoms with Crippen molar-refractivity contribution in [3.05, 3.63) is 78.2 Å². The predicted molar refractivity (Wildman–Crippen MR) is 109 cm³/mol. The van der Waals surface area contributed by atoms with Gasteiger partial charge in [0, 0.05) is 47.0 Å². The first-order valence-electron chi connectivity index (χ1n) is 8.77. The molecule has 0 spiro atoms. The molecule has 0 unspecified atom stereocenters. The SMILES string of the molecule is Nc1nc(Nc2cccc3[nH]ccc23)ncc1Cc1ccc2cc[nH]c2c1. The number of benzene rings is 2. The van der Waals surface area contributed by atoms with E-state index in [1.807, 2.05) is 36.7 Å². The van der Waals surface area contributed by atoms with Crippen LogP contribution in [0, 0.1) is 0 Å². The summed E-state index contributed by atoms with van der Waals surface area (Å²) in [5.41, 5.74) is 11.4. The molecule has 0 amide bonds. The van der Waals surface area contributed by atoms with Crippen molar-refractivity contribution in [2.24, 2.45) is 0 Å². The van der Waals surface area contributed by atoms with Gasteiger partial charge in [-0.2, -0.15) is 4.98 Å². The monoisotopic (exact) mass is 354 g/mol. The second-order valence-electron chi connectivity index (χ2n) is 6.55. The minimum absolute atomic E-state index is 0.486. The highest BCUT2D eigenvalue weighted by Gasteiger charge is 2.08. The molecular weight excluding hydrogens is 336 g/mol. The molecule has 0 saturated heterocycles. The van der Waals surface area contributed by atoms with E-state index in [0.29, 0.717) is 18.2 Å². The van der Waals surface area contributed by atoms with Gasteiger partial charge < -0.3 is 21.0 Å². The Morgan fingerprint density at radius 2 is 1.85 bits per heavy atom. The third kappa shape index (κ3) is 2.87. The lowest BCUT2D eigenvalue weighted by Crippen LogP contribution is -2.04.